The number of amides is 1. The molecular formula is C20H20N4O2. The van der Waals surface area contributed by atoms with Crippen LogP contribution < -0.4 is 10.1 Å². The Morgan fingerprint density at radius 1 is 1.23 bits per heavy atom. The molecule has 3 aromatic rings. The van der Waals surface area contributed by atoms with Gasteiger partial charge in [0.15, 0.2) is 0 Å². The highest BCUT2D eigenvalue weighted by molar-refractivity contribution is 5.94. The average molecular weight is 348 g/mol. The van der Waals surface area contributed by atoms with Crippen LogP contribution in [0, 0.1) is 0 Å². The Kier molecular flexibility index (Phi) is 5.43. The predicted octanol–water partition coefficient (Wildman–Crippen LogP) is 3.00. The topological polar surface area (TPSA) is 69.0 Å². The van der Waals surface area contributed by atoms with Gasteiger partial charge in [-0.3, -0.25) is 9.36 Å². The molecule has 0 radical (unpaired) electrons. The molecule has 6 heteroatoms. The van der Waals surface area contributed by atoms with Crippen molar-refractivity contribution in [3.05, 3.63) is 78.5 Å². The number of methoxy groups -OCH3 is 1. The number of hydrogen-bond donors (Lipinski definition) is 1. The van der Waals surface area contributed by atoms with Crippen LogP contribution in [0.15, 0.2) is 67.4 Å². The first-order valence-electron chi connectivity index (χ1n) is 8.19. The SMILES string of the molecule is COc1ccc(C(C)=CC(=O)NCc2ccnc(-n3ccnc3)c2)cc1. The Morgan fingerprint density at radius 3 is 2.73 bits per heavy atom. The standard InChI is InChI=1S/C20H20N4O2/c1-15(17-3-5-18(26-2)6-4-17)11-20(25)23-13-16-7-8-22-19(12-16)24-10-9-21-14-24/h3-12,14H,13H2,1-2H3,(H,23,25). The zero-order chi connectivity index (χ0) is 18.4. The lowest BCUT2D eigenvalue weighted by molar-refractivity contribution is -0.116. The second-order valence-corrected chi connectivity index (χ2v) is 5.77. The molecule has 0 saturated heterocycles. The van der Waals surface area contributed by atoms with E-state index >= 15 is 0 Å². The van der Waals surface area contributed by atoms with Crippen molar-refractivity contribution in [3.8, 4) is 11.6 Å². The fourth-order valence-corrected chi connectivity index (χ4v) is 2.48. The van der Waals surface area contributed by atoms with Crippen LogP contribution in [0.5, 0.6) is 5.75 Å². The normalized spacial score (nSPS) is 11.2. The van der Waals surface area contributed by atoms with Gasteiger partial charge in [0.1, 0.15) is 17.9 Å². The minimum atomic E-state index is -0.140. The maximum atomic E-state index is 12.2. The molecule has 3 rings (SSSR count). The Labute approximate surface area is 152 Å². The molecule has 0 spiro atoms. The summed E-state index contributed by atoms with van der Waals surface area (Å²) in [5.41, 5.74) is 2.83. The molecule has 0 aliphatic rings. The lowest BCUT2D eigenvalue weighted by Crippen LogP contribution is -2.20. The summed E-state index contributed by atoms with van der Waals surface area (Å²) >= 11 is 0. The van der Waals surface area contributed by atoms with Gasteiger partial charge in [-0.05, 0) is 47.9 Å². The number of nitrogens with zero attached hydrogens (tertiary/aromatic N) is 3. The van der Waals surface area contributed by atoms with Crippen LogP contribution in [0.3, 0.4) is 0 Å². The van der Waals surface area contributed by atoms with Crippen molar-refractivity contribution >= 4 is 11.5 Å². The van der Waals surface area contributed by atoms with Gasteiger partial charge in [-0.2, -0.15) is 0 Å². The summed E-state index contributed by atoms with van der Waals surface area (Å²) in [4.78, 5) is 20.5. The van der Waals surface area contributed by atoms with E-state index < -0.39 is 0 Å². The molecule has 0 unspecified atom stereocenters. The molecule has 6 nitrogen and oxygen atoms in total. The summed E-state index contributed by atoms with van der Waals surface area (Å²) in [6, 6.07) is 11.4. The van der Waals surface area contributed by atoms with Crippen LogP contribution in [0.25, 0.3) is 11.4 Å². The number of benzene rings is 1. The van der Waals surface area contributed by atoms with Crippen LogP contribution in [0.2, 0.25) is 0 Å². The smallest absolute Gasteiger partial charge is 0.244 e. The number of carbonyl (C=O) groups is 1. The number of nitrogens with one attached hydrogen (secondary N) is 1. The van der Waals surface area contributed by atoms with E-state index in [-0.39, 0.29) is 5.91 Å². The highest BCUT2D eigenvalue weighted by Crippen LogP contribution is 2.18. The van der Waals surface area contributed by atoms with Gasteiger partial charge in [0, 0.05) is 31.2 Å². The molecule has 1 aromatic carbocycles. The Balaban J connectivity index is 1.62. The Morgan fingerprint density at radius 2 is 2.04 bits per heavy atom. The molecule has 0 fully saturated rings. The predicted molar refractivity (Wildman–Crippen MR) is 99.9 cm³/mol. The summed E-state index contributed by atoms with van der Waals surface area (Å²) < 4.78 is 6.96. The van der Waals surface area contributed by atoms with Crippen LogP contribution in [-0.4, -0.2) is 27.6 Å². The zero-order valence-corrected chi connectivity index (χ0v) is 14.7. The van der Waals surface area contributed by atoms with Crippen molar-refractivity contribution in [1.29, 1.82) is 0 Å². The van der Waals surface area contributed by atoms with Crippen LogP contribution >= 0.6 is 0 Å². The molecule has 26 heavy (non-hydrogen) atoms. The summed E-state index contributed by atoms with van der Waals surface area (Å²) in [7, 11) is 1.63. The highest BCUT2D eigenvalue weighted by atomic mass is 16.5. The number of imidazole rings is 1. The van der Waals surface area contributed by atoms with E-state index in [2.05, 4.69) is 15.3 Å². The molecule has 0 atom stereocenters. The van der Waals surface area contributed by atoms with Gasteiger partial charge in [-0.15, -0.1) is 0 Å². The lowest BCUT2D eigenvalue weighted by Gasteiger charge is -2.07. The maximum Gasteiger partial charge on any atom is 0.244 e. The number of ether oxygens (including phenoxy) is 1. The van der Waals surface area contributed by atoms with Gasteiger partial charge in [0.25, 0.3) is 0 Å². The second-order valence-electron chi connectivity index (χ2n) is 5.77. The minimum Gasteiger partial charge on any atom is -0.497 e. The van der Waals surface area contributed by atoms with Gasteiger partial charge < -0.3 is 10.1 Å². The fraction of sp³-hybridized carbons (Fsp3) is 0.150. The van der Waals surface area contributed by atoms with E-state index in [4.69, 9.17) is 4.74 Å². The first kappa shape index (κ1) is 17.4. The zero-order valence-electron chi connectivity index (χ0n) is 14.7. The van der Waals surface area contributed by atoms with Gasteiger partial charge in [-0.25, -0.2) is 9.97 Å². The summed E-state index contributed by atoms with van der Waals surface area (Å²) in [5, 5.41) is 2.90. The molecule has 2 heterocycles. The minimum absolute atomic E-state index is 0.140. The van der Waals surface area contributed by atoms with Crippen molar-refractivity contribution in [2.24, 2.45) is 0 Å². The number of pyridine rings is 1. The highest BCUT2D eigenvalue weighted by Gasteiger charge is 2.03. The number of rotatable bonds is 6. The van der Waals surface area contributed by atoms with Crippen molar-refractivity contribution in [1.82, 2.24) is 19.9 Å². The molecule has 0 saturated carbocycles. The van der Waals surface area contributed by atoms with Crippen molar-refractivity contribution in [2.75, 3.05) is 7.11 Å². The molecule has 1 amide bonds. The van der Waals surface area contributed by atoms with E-state index in [0.717, 1.165) is 28.3 Å². The second kappa shape index (κ2) is 8.11. The van der Waals surface area contributed by atoms with Gasteiger partial charge in [-0.1, -0.05) is 12.1 Å². The van der Waals surface area contributed by atoms with E-state index in [1.165, 1.54) is 0 Å². The van der Waals surface area contributed by atoms with Crippen molar-refractivity contribution < 1.29 is 9.53 Å². The third-order valence-electron chi connectivity index (χ3n) is 3.94. The largest absolute Gasteiger partial charge is 0.497 e. The molecule has 0 aliphatic carbocycles. The van der Waals surface area contributed by atoms with E-state index in [1.54, 1.807) is 31.9 Å². The average Bonchev–Trinajstić information content (AvgIpc) is 3.21. The Bertz CT molecular complexity index is 900. The quantitative estimate of drug-likeness (QED) is 0.695. The van der Waals surface area contributed by atoms with Crippen LogP contribution in [0.4, 0.5) is 0 Å². The monoisotopic (exact) mass is 348 g/mol. The third kappa shape index (κ3) is 4.36. The third-order valence-corrected chi connectivity index (χ3v) is 3.94. The van der Waals surface area contributed by atoms with Crippen molar-refractivity contribution in [3.63, 3.8) is 0 Å². The van der Waals surface area contributed by atoms with Crippen molar-refractivity contribution in [2.45, 2.75) is 13.5 Å². The van der Waals surface area contributed by atoms with Crippen LogP contribution in [0.1, 0.15) is 18.1 Å². The summed E-state index contributed by atoms with van der Waals surface area (Å²) in [6.45, 7) is 2.33. The first-order valence-corrected chi connectivity index (χ1v) is 8.19. The molecule has 2 aromatic heterocycles. The lowest BCUT2D eigenvalue weighted by atomic mass is 10.1. The maximum absolute atomic E-state index is 12.2. The van der Waals surface area contributed by atoms with E-state index in [1.807, 2.05) is 54.1 Å². The molecule has 0 bridgehead atoms. The summed E-state index contributed by atoms with van der Waals surface area (Å²) in [5.74, 6) is 1.41. The fourth-order valence-electron chi connectivity index (χ4n) is 2.48. The number of carbonyl (C=O) groups excluding carboxylic acids is 1. The van der Waals surface area contributed by atoms with Gasteiger partial charge >= 0.3 is 0 Å². The Hall–Kier alpha value is -3.41. The molecule has 1 N–H and O–H groups in total. The van der Waals surface area contributed by atoms with Crippen LogP contribution in [-0.2, 0) is 11.3 Å². The van der Waals surface area contributed by atoms with Gasteiger partial charge in [0.05, 0.1) is 7.11 Å². The molecule has 132 valence electrons. The number of aromatic nitrogens is 3. The van der Waals surface area contributed by atoms with Gasteiger partial charge in [0.2, 0.25) is 5.91 Å². The number of hydrogen-bond acceptors (Lipinski definition) is 4. The molecular weight excluding hydrogens is 328 g/mol. The summed E-state index contributed by atoms with van der Waals surface area (Å²) in [6.07, 6.45) is 8.52. The van der Waals surface area contributed by atoms with E-state index in [0.29, 0.717) is 6.54 Å². The molecule has 0 aliphatic heterocycles. The first-order chi connectivity index (χ1) is 12.7. The van der Waals surface area contributed by atoms with E-state index in [9.17, 15) is 4.79 Å². The number of allylic oxidation sites excluding steroid dienone is 1.